The molecule has 0 N–H and O–H groups in total. The van der Waals surface area contributed by atoms with Gasteiger partial charge in [0.15, 0.2) is 0 Å². The van der Waals surface area contributed by atoms with Crippen LogP contribution in [0.3, 0.4) is 0 Å². The van der Waals surface area contributed by atoms with Crippen LogP contribution in [0.4, 0.5) is 0 Å². The fraction of sp³-hybridized carbons (Fsp3) is 0.200. The number of hydrogen-bond donors (Lipinski definition) is 0. The molecule has 1 nitrogen and oxygen atoms in total. The topological polar surface area (TPSA) is 9.23 Å². The third kappa shape index (κ3) is 7.78. The lowest BCUT2D eigenvalue weighted by Crippen LogP contribution is -2.00. The van der Waals surface area contributed by atoms with Gasteiger partial charge in [0.1, 0.15) is 5.75 Å². The molecule has 0 bridgehead atoms. The van der Waals surface area contributed by atoms with Crippen LogP contribution in [0.25, 0.3) is 6.08 Å². The van der Waals surface area contributed by atoms with E-state index in [2.05, 4.69) is 37.4 Å². The highest BCUT2D eigenvalue weighted by Crippen LogP contribution is 2.10. The molecule has 2 rings (SSSR count). The number of allylic oxidation sites excluding steroid dienone is 1. The number of benzene rings is 2. The van der Waals surface area contributed by atoms with Crippen LogP contribution in [0.1, 0.15) is 25.0 Å². The quantitative estimate of drug-likeness (QED) is 0.654. The van der Waals surface area contributed by atoms with Crippen molar-refractivity contribution in [3.8, 4) is 5.75 Å². The molecule has 0 aromatic heterocycles. The molecule has 0 radical (unpaired) electrons. The zero-order valence-corrected chi connectivity index (χ0v) is 13.0. The molecule has 110 valence electrons. The van der Waals surface area contributed by atoms with Crippen molar-refractivity contribution in [1.29, 1.82) is 0 Å². The van der Waals surface area contributed by atoms with E-state index in [4.69, 9.17) is 4.74 Å². The van der Waals surface area contributed by atoms with Gasteiger partial charge in [0, 0.05) is 6.42 Å². The van der Waals surface area contributed by atoms with Gasteiger partial charge < -0.3 is 4.74 Å². The average Bonchev–Trinajstić information content (AvgIpc) is 2.48. The van der Waals surface area contributed by atoms with E-state index < -0.39 is 0 Å². The summed E-state index contributed by atoms with van der Waals surface area (Å²) in [5.41, 5.74) is 3.60. The third-order valence-electron chi connectivity index (χ3n) is 2.62. The lowest BCUT2D eigenvalue weighted by Gasteiger charge is -2.06. The standard InChI is InChI=1S/C16H16O.C4H8/c1-2-14-8-10-15(11-9-14)12-13-17-16-6-4-3-5-7-16;1-4(2)3/h2-11H,1,12-13H2;1H2,2-3H3. The van der Waals surface area contributed by atoms with Crippen LogP contribution in [-0.2, 0) is 6.42 Å². The fourth-order valence-corrected chi connectivity index (χ4v) is 1.62. The maximum absolute atomic E-state index is 5.65. The van der Waals surface area contributed by atoms with Gasteiger partial charge in [-0.25, -0.2) is 0 Å². The highest BCUT2D eigenvalue weighted by molar-refractivity contribution is 5.47. The molecule has 0 atom stereocenters. The molecule has 0 aliphatic rings. The summed E-state index contributed by atoms with van der Waals surface area (Å²) in [5, 5.41) is 0. The Hall–Kier alpha value is -2.28. The van der Waals surface area contributed by atoms with Gasteiger partial charge in [0.25, 0.3) is 0 Å². The first-order valence-electron chi connectivity index (χ1n) is 7.13. The van der Waals surface area contributed by atoms with Crippen molar-refractivity contribution >= 4 is 6.08 Å². The first-order valence-corrected chi connectivity index (χ1v) is 7.13. The third-order valence-corrected chi connectivity index (χ3v) is 2.62. The van der Waals surface area contributed by atoms with E-state index in [0.29, 0.717) is 6.61 Å². The van der Waals surface area contributed by atoms with E-state index in [1.807, 2.05) is 50.3 Å². The Balaban J connectivity index is 0.000000491. The lowest BCUT2D eigenvalue weighted by atomic mass is 10.1. The Labute approximate surface area is 128 Å². The van der Waals surface area contributed by atoms with Crippen molar-refractivity contribution in [2.75, 3.05) is 6.61 Å². The van der Waals surface area contributed by atoms with Gasteiger partial charge in [0.05, 0.1) is 6.61 Å². The molecule has 0 saturated carbocycles. The van der Waals surface area contributed by atoms with Gasteiger partial charge in [-0.15, -0.1) is 6.58 Å². The van der Waals surface area contributed by atoms with Crippen molar-refractivity contribution in [2.24, 2.45) is 0 Å². The van der Waals surface area contributed by atoms with E-state index in [1.165, 1.54) is 11.1 Å². The summed E-state index contributed by atoms with van der Waals surface area (Å²) < 4.78 is 5.65. The van der Waals surface area contributed by atoms with Gasteiger partial charge >= 0.3 is 0 Å². The smallest absolute Gasteiger partial charge is 0.119 e. The molecule has 2 aromatic rings. The summed E-state index contributed by atoms with van der Waals surface area (Å²) in [7, 11) is 0. The predicted octanol–water partition coefficient (Wildman–Crippen LogP) is 5.53. The SMILES string of the molecule is C=C(C)C.C=Cc1ccc(CCOc2ccccc2)cc1. The first kappa shape index (κ1) is 16.8. The lowest BCUT2D eigenvalue weighted by molar-refractivity contribution is 0.322. The number of ether oxygens (including phenoxy) is 1. The summed E-state index contributed by atoms with van der Waals surface area (Å²) >= 11 is 0. The number of hydrogen-bond acceptors (Lipinski definition) is 1. The fourth-order valence-electron chi connectivity index (χ4n) is 1.62. The minimum Gasteiger partial charge on any atom is -0.493 e. The second-order valence-electron chi connectivity index (χ2n) is 5.06. The molecular weight excluding hydrogens is 256 g/mol. The van der Waals surface area contributed by atoms with E-state index in [0.717, 1.165) is 17.7 Å². The average molecular weight is 280 g/mol. The zero-order chi connectivity index (χ0) is 15.5. The molecule has 0 heterocycles. The van der Waals surface area contributed by atoms with Gasteiger partial charge in [-0.2, -0.15) is 0 Å². The van der Waals surface area contributed by atoms with Crippen LogP contribution in [0, 0.1) is 0 Å². The maximum atomic E-state index is 5.65. The summed E-state index contributed by atoms with van der Waals surface area (Å²) in [6, 6.07) is 18.3. The first-order chi connectivity index (χ1) is 10.1. The summed E-state index contributed by atoms with van der Waals surface area (Å²) in [4.78, 5) is 0. The molecular formula is C20H24O. The van der Waals surface area contributed by atoms with Crippen LogP contribution in [0.5, 0.6) is 5.75 Å². The Kier molecular flexibility index (Phi) is 7.67. The molecule has 0 amide bonds. The highest BCUT2D eigenvalue weighted by atomic mass is 16.5. The van der Waals surface area contributed by atoms with Gasteiger partial charge in [0.2, 0.25) is 0 Å². The molecule has 0 unspecified atom stereocenters. The Morgan fingerprint density at radius 2 is 1.57 bits per heavy atom. The molecule has 0 spiro atoms. The van der Waals surface area contributed by atoms with E-state index in [1.54, 1.807) is 0 Å². The molecule has 0 aliphatic heterocycles. The van der Waals surface area contributed by atoms with E-state index in [-0.39, 0.29) is 0 Å². The molecule has 0 saturated heterocycles. The van der Waals surface area contributed by atoms with Crippen molar-refractivity contribution in [1.82, 2.24) is 0 Å². The normalized spacial score (nSPS) is 9.24. The monoisotopic (exact) mass is 280 g/mol. The van der Waals surface area contributed by atoms with E-state index >= 15 is 0 Å². The molecule has 21 heavy (non-hydrogen) atoms. The van der Waals surface area contributed by atoms with Crippen molar-refractivity contribution in [3.63, 3.8) is 0 Å². The molecule has 1 heteroatoms. The number of para-hydroxylation sites is 1. The van der Waals surface area contributed by atoms with Crippen LogP contribution >= 0.6 is 0 Å². The minimum absolute atomic E-state index is 0.706. The van der Waals surface area contributed by atoms with Crippen LogP contribution in [0.2, 0.25) is 0 Å². The summed E-state index contributed by atoms with van der Waals surface area (Å²) in [5.74, 6) is 0.926. The van der Waals surface area contributed by atoms with Crippen molar-refractivity contribution in [2.45, 2.75) is 20.3 Å². The van der Waals surface area contributed by atoms with Crippen molar-refractivity contribution < 1.29 is 4.74 Å². The Morgan fingerprint density at radius 3 is 2.10 bits per heavy atom. The van der Waals surface area contributed by atoms with Gasteiger partial charge in [-0.05, 0) is 37.1 Å². The molecule has 2 aromatic carbocycles. The predicted molar refractivity (Wildman–Crippen MR) is 92.7 cm³/mol. The molecule has 0 fully saturated rings. The van der Waals surface area contributed by atoms with Gasteiger partial charge in [-0.3, -0.25) is 0 Å². The Morgan fingerprint density at radius 1 is 1.00 bits per heavy atom. The Bertz CT molecular complexity index is 534. The van der Waals surface area contributed by atoms with Crippen LogP contribution < -0.4 is 4.74 Å². The van der Waals surface area contributed by atoms with Crippen molar-refractivity contribution in [3.05, 3.63) is 84.5 Å². The van der Waals surface area contributed by atoms with E-state index in [9.17, 15) is 0 Å². The number of rotatable bonds is 5. The van der Waals surface area contributed by atoms with Crippen LogP contribution in [-0.4, -0.2) is 6.61 Å². The minimum atomic E-state index is 0.706. The molecule has 0 aliphatic carbocycles. The largest absolute Gasteiger partial charge is 0.493 e. The summed E-state index contributed by atoms with van der Waals surface area (Å²) in [6.07, 6.45) is 2.77. The zero-order valence-electron chi connectivity index (χ0n) is 13.0. The second-order valence-corrected chi connectivity index (χ2v) is 5.06. The highest BCUT2D eigenvalue weighted by Gasteiger charge is 1.95. The second kappa shape index (κ2) is 9.60. The van der Waals surface area contributed by atoms with Gasteiger partial charge in [-0.1, -0.05) is 60.7 Å². The van der Waals surface area contributed by atoms with Crippen LogP contribution in [0.15, 0.2) is 73.3 Å². The summed E-state index contributed by atoms with van der Waals surface area (Å²) in [6.45, 7) is 11.9. The maximum Gasteiger partial charge on any atom is 0.119 e.